The van der Waals surface area contributed by atoms with Crippen LogP contribution in [0.2, 0.25) is 0 Å². The maximum atomic E-state index is 15.4. The summed E-state index contributed by atoms with van der Waals surface area (Å²) in [7, 11) is -4.10. The van der Waals surface area contributed by atoms with E-state index in [0.717, 1.165) is 36.7 Å². The van der Waals surface area contributed by atoms with Crippen LogP contribution in [0.1, 0.15) is 41.9 Å². The molecule has 1 aromatic heterocycles. The molecular formula is C34H33F4N7O6S. The Morgan fingerprint density at radius 3 is 2.23 bits per heavy atom. The minimum Gasteiger partial charge on any atom is -0.447 e. The summed E-state index contributed by atoms with van der Waals surface area (Å²) in [5.41, 5.74) is 14.1. The number of amides is 2. The third kappa shape index (κ3) is 11.0. The second-order valence-electron chi connectivity index (χ2n) is 11.5. The number of hydrogen-bond acceptors (Lipinski definition) is 8. The van der Waals surface area contributed by atoms with Crippen LogP contribution in [0.5, 0.6) is 0 Å². The van der Waals surface area contributed by atoms with Crippen molar-refractivity contribution in [3.63, 3.8) is 0 Å². The summed E-state index contributed by atoms with van der Waals surface area (Å²) in [6, 6.07) is 11.8. The zero-order valence-corrected chi connectivity index (χ0v) is 28.0. The molecule has 18 heteroatoms. The molecule has 0 unspecified atom stereocenters. The van der Waals surface area contributed by atoms with Crippen LogP contribution in [0.15, 0.2) is 95.2 Å². The number of aliphatic hydroxyl groups excluding tert-OH is 1. The number of pyridine rings is 1. The van der Waals surface area contributed by atoms with E-state index in [-0.39, 0.29) is 53.0 Å². The highest BCUT2D eigenvalue weighted by Crippen LogP contribution is 2.33. The van der Waals surface area contributed by atoms with Crippen LogP contribution in [0, 0.1) is 23.3 Å². The highest BCUT2D eigenvalue weighted by atomic mass is 32.2. The summed E-state index contributed by atoms with van der Waals surface area (Å²) in [5.74, 6) is -5.91. The van der Waals surface area contributed by atoms with Crippen LogP contribution in [-0.2, 0) is 26.0 Å². The Bertz CT molecular complexity index is 2000. The molecule has 4 atom stereocenters. The lowest BCUT2D eigenvalue weighted by molar-refractivity contribution is -0.117. The number of halogens is 4. The fourth-order valence-electron chi connectivity index (χ4n) is 5.46. The molecule has 0 aliphatic rings. The quantitative estimate of drug-likeness (QED) is 0.0465. The number of anilines is 1. The molecule has 3 aromatic carbocycles. The van der Waals surface area contributed by atoms with E-state index in [9.17, 15) is 41.8 Å². The number of aliphatic hydroxyl groups is 1. The molecule has 0 spiro atoms. The average Bonchev–Trinajstić information content (AvgIpc) is 3.09. The third-order valence-electron chi connectivity index (χ3n) is 7.88. The fourth-order valence-corrected chi connectivity index (χ4v) is 6.79. The highest BCUT2D eigenvalue weighted by Gasteiger charge is 2.32. The Hall–Kier alpha value is -5.55. The van der Waals surface area contributed by atoms with E-state index in [0.29, 0.717) is 6.07 Å². The first kappa shape index (κ1) is 39.2. The largest absolute Gasteiger partial charge is 0.447 e. The van der Waals surface area contributed by atoms with Crippen molar-refractivity contribution >= 4 is 27.7 Å². The number of benzene rings is 3. The molecular weight excluding hydrogens is 710 g/mol. The summed E-state index contributed by atoms with van der Waals surface area (Å²) in [6.07, 6.45) is -0.710. The van der Waals surface area contributed by atoms with Crippen LogP contribution in [0.25, 0.3) is 10.4 Å². The minimum atomic E-state index is -4.10. The molecule has 2 amide bonds. The number of hydrogen-bond donors (Lipinski definition) is 4. The molecule has 4 rings (SSSR count). The number of nitrogens with zero attached hydrogens (tertiary/aromatic N) is 4. The molecule has 0 saturated carbocycles. The number of aromatic nitrogens is 1. The molecule has 0 saturated heterocycles. The fraction of sp³-hybridized carbons (Fsp3) is 0.265. The number of nitrogens with one attached hydrogen (secondary N) is 2. The van der Waals surface area contributed by atoms with Gasteiger partial charge in [0.05, 0.1) is 29.1 Å². The number of ether oxygens (including phenoxy) is 1. The molecule has 4 aromatic rings. The van der Waals surface area contributed by atoms with Crippen LogP contribution < -0.4 is 15.8 Å². The first-order valence-corrected chi connectivity index (χ1v) is 17.1. The molecule has 1 heterocycles. The number of sulfonamides is 1. The SMILES string of the molecule is [N-]=[N+]=N[C@H](C(=O)Nc1cncc(F)c1CC[C@H](CC[C@@H](O)COC(N)=O)NS(=O)(=O)c1ccccc1)[C@@H](c1ccc(F)cc1)c1cc(F)cc(F)c1. The maximum Gasteiger partial charge on any atom is 0.404 e. The molecule has 0 fully saturated rings. The first-order valence-electron chi connectivity index (χ1n) is 15.6. The number of azide groups is 1. The highest BCUT2D eigenvalue weighted by molar-refractivity contribution is 7.89. The van der Waals surface area contributed by atoms with Gasteiger partial charge in [-0.05, 0) is 78.7 Å². The van der Waals surface area contributed by atoms with Crippen molar-refractivity contribution in [1.29, 1.82) is 0 Å². The van der Waals surface area contributed by atoms with E-state index in [1.807, 2.05) is 0 Å². The van der Waals surface area contributed by atoms with Crippen LogP contribution in [0.3, 0.4) is 0 Å². The molecule has 5 N–H and O–H groups in total. The number of carbonyl (C=O) groups is 2. The van der Waals surface area contributed by atoms with Crippen molar-refractivity contribution in [3.05, 3.63) is 136 Å². The zero-order valence-electron chi connectivity index (χ0n) is 27.2. The standard InChI is InChI=1S/C34H33F4N7O6S/c35-22-8-6-20(7-9-22)31(21-14-23(36)16-24(37)15-21)32(43-45-40)33(47)42-30-18-41-17-29(38)28(30)13-11-25(10-12-26(46)19-51-34(39)48)44-52(49,50)27-4-2-1-3-5-27/h1-9,14-18,25-26,31-32,44,46H,10-13,19H2,(H2,39,48)(H,42,47)/t25-,26+,31-,32-/m0/s1. The Labute approximate surface area is 295 Å². The second-order valence-corrected chi connectivity index (χ2v) is 13.3. The molecule has 0 aliphatic carbocycles. The molecule has 274 valence electrons. The molecule has 0 bridgehead atoms. The van der Waals surface area contributed by atoms with Gasteiger partial charge in [-0.25, -0.2) is 35.5 Å². The van der Waals surface area contributed by atoms with Crippen LogP contribution in [-0.4, -0.2) is 55.3 Å². The van der Waals surface area contributed by atoms with E-state index in [1.54, 1.807) is 6.07 Å². The topological polar surface area (TPSA) is 209 Å². The number of primary amides is 1. The van der Waals surface area contributed by atoms with Gasteiger partial charge in [0, 0.05) is 28.5 Å². The molecule has 0 aliphatic heterocycles. The van der Waals surface area contributed by atoms with Gasteiger partial charge < -0.3 is 20.9 Å². The smallest absolute Gasteiger partial charge is 0.404 e. The molecule has 52 heavy (non-hydrogen) atoms. The number of carbonyl (C=O) groups excluding carboxylic acids is 2. The second kappa shape index (κ2) is 18.1. The summed E-state index contributed by atoms with van der Waals surface area (Å²) in [6.45, 7) is -0.448. The number of nitrogens with two attached hydrogens (primary N) is 1. The summed E-state index contributed by atoms with van der Waals surface area (Å²) in [4.78, 5) is 31.2. The average molecular weight is 744 g/mol. The molecule has 13 nitrogen and oxygen atoms in total. The van der Waals surface area contributed by atoms with Crippen LogP contribution in [0.4, 0.5) is 28.0 Å². The van der Waals surface area contributed by atoms with Gasteiger partial charge in [-0.2, -0.15) is 0 Å². The predicted octanol–water partition coefficient (Wildman–Crippen LogP) is 5.60. The maximum absolute atomic E-state index is 15.4. The van der Waals surface area contributed by atoms with Gasteiger partial charge in [-0.15, -0.1) is 0 Å². The van der Waals surface area contributed by atoms with Gasteiger partial charge in [0.2, 0.25) is 15.9 Å². The number of rotatable bonds is 17. The Balaban J connectivity index is 1.63. The van der Waals surface area contributed by atoms with Crippen molar-refractivity contribution in [1.82, 2.24) is 9.71 Å². The monoisotopic (exact) mass is 743 g/mol. The minimum absolute atomic E-state index is 0.00769. The van der Waals surface area contributed by atoms with Crippen molar-refractivity contribution in [2.45, 2.75) is 54.7 Å². The molecule has 0 radical (unpaired) electrons. The van der Waals surface area contributed by atoms with Gasteiger partial charge in [0.1, 0.15) is 35.9 Å². The Morgan fingerprint density at radius 2 is 1.60 bits per heavy atom. The summed E-state index contributed by atoms with van der Waals surface area (Å²) >= 11 is 0. The van der Waals surface area contributed by atoms with Gasteiger partial charge in [0.25, 0.3) is 0 Å². The van der Waals surface area contributed by atoms with E-state index in [4.69, 9.17) is 5.73 Å². The van der Waals surface area contributed by atoms with Crippen LogP contribution >= 0.6 is 0 Å². The third-order valence-corrected chi connectivity index (χ3v) is 9.42. The van der Waals surface area contributed by atoms with Gasteiger partial charge in [0.15, 0.2) is 0 Å². The van der Waals surface area contributed by atoms with Crippen molar-refractivity contribution in [2.24, 2.45) is 10.8 Å². The normalized spacial score (nSPS) is 13.6. The van der Waals surface area contributed by atoms with Gasteiger partial charge in [-0.3, -0.25) is 9.78 Å². The van der Waals surface area contributed by atoms with Gasteiger partial charge >= 0.3 is 6.09 Å². The lowest BCUT2D eigenvalue weighted by atomic mass is 9.84. The lowest BCUT2D eigenvalue weighted by Crippen LogP contribution is -2.36. The van der Waals surface area contributed by atoms with E-state index in [2.05, 4.69) is 29.8 Å². The van der Waals surface area contributed by atoms with Crippen molar-refractivity contribution < 1.29 is 45.4 Å². The zero-order chi connectivity index (χ0) is 37.8. The predicted molar refractivity (Wildman–Crippen MR) is 180 cm³/mol. The van der Waals surface area contributed by atoms with Crippen molar-refractivity contribution in [2.75, 3.05) is 11.9 Å². The Morgan fingerprint density at radius 1 is 0.923 bits per heavy atom. The summed E-state index contributed by atoms with van der Waals surface area (Å²) in [5, 5.41) is 16.3. The summed E-state index contributed by atoms with van der Waals surface area (Å²) < 4.78 is 91.4. The van der Waals surface area contributed by atoms with E-state index >= 15 is 4.39 Å². The van der Waals surface area contributed by atoms with Gasteiger partial charge in [-0.1, -0.05) is 35.4 Å². The van der Waals surface area contributed by atoms with Crippen molar-refractivity contribution in [3.8, 4) is 0 Å². The lowest BCUT2D eigenvalue weighted by Gasteiger charge is -2.25. The first-order chi connectivity index (χ1) is 24.8. The van der Waals surface area contributed by atoms with E-state index < -0.39 is 76.0 Å². The Kier molecular flexibility index (Phi) is 13.7. The van der Waals surface area contributed by atoms with E-state index in [1.165, 1.54) is 36.4 Å².